The molecule has 3 rings (SSSR count). The highest BCUT2D eigenvalue weighted by Crippen LogP contribution is 2.59. The average molecular weight is 294 g/mol. The zero-order chi connectivity index (χ0) is 15.3. The van der Waals surface area contributed by atoms with Crippen LogP contribution in [0.5, 0.6) is 0 Å². The molecule has 3 nitrogen and oxygen atoms in total. The van der Waals surface area contributed by atoms with Crippen LogP contribution in [0.1, 0.15) is 60.3 Å². The lowest BCUT2D eigenvalue weighted by Gasteiger charge is -2.45. The maximum atomic E-state index is 6.48. The molecule has 0 amide bonds. The van der Waals surface area contributed by atoms with Crippen LogP contribution in [0.25, 0.3) is 0 Å². The lowest BCUT2D eigenvalue weighted by Crippen LogP contribution is -2.57. The van der Waals surface area contributed by atoms with Gasteiger partial charge in [-0.15, -0.1) is 0 Å². The van der Waals surface area contributed by atoms with Crippen molar-refractivity contribution in [3.05, 3.63) is 0 Å². The third-order valence-corrected chi connectivity index (χ3v) is 6.06. The largest absolute Gasteiger partial charge is 0.373 e. The first-order valence-electron chi connectivity index (χ1n) is 9.01. The Bertz CT molecular complexity index is 372. The van der Waals surface area contributed by atoms with Gasteiger partial charge in [-0.1, -0.05) is 13.3 Å². The van der Waals surface area contributed by atoms with Gasteiger partial charge in [-0.25, -0.2) is 0 Å². The van der Waals surface area contributed by atoms with Crippen LogP contribution in [0.2, 0.25) is 0 Å². The molecule has 0 N–H and O–H groups in total. The molecule has 21 heavy (non-hydrogen) atoms. The van der Waals surface area contributed by atoms with Crippen molar-refractivity contribution in [1.82, 2.24) is 9.80 Å². The van der Waals surface area contributed by atoms with Gasteiger partial charge >= 0.3 is 0 Å². The minimum atomic E-state index is 0.302. The summed E-state index contributed by atoms with van der Waals surface area (Å²) in [7, 11) is 0. The average Bonchev–Trinajstić information content (AvgIpc) is 3.12. The fourth-order valence-corrected chi connectivity index (χ4v) is 4.54. The summed E-state index contributed by atoms with van der Waals surface area (Å²) >= 11 is 0. The number of piperazine rings is 1. The molecule has 3 fully saturated rings. The number of nitrogens with zero attached hydrogens (tertiary/aromatic N) is 2. The van der Waals surface area contributed by atoms with Crippen LogP contribution < -0.4 is 0 Å². The molecule has 3 unspecified atom stereocenters. The highest BCUT2D eigenvalue weighted by Gasteiger charge is 2.63. The van der Waals surface area contributed by atoms with Crippen LogP contribution in [0.15, 0.2) is 0 Å². The summed E-state index contributed by atoms with van der Waals surface area (Å²) in [6, 6.07) is 0.740. The van der Waals surface area contributed by atoms with E-state index in [1.807, 2.05) is 0 Å². The molecule has 122 valence electrons. The molecule has 3 heteroatoms. The SMILES string of the molecule is CCCC(C)OC1CN2CCN(C(C)(C)C)CC2C12CC2. The first-order chi connectivity index (χ1) is 9.87. The van der Waals surface area contributed by atoms with Crippen LogP contribution >= 0.6 is 0 Å². The lowest BCUT2D eigenvalue weighted by atomic mass is 9.91. The standard InChI is InChI=1S/C18H34N2O/c1-6-7-14(2)21-16-13-19-10-11-20(17(3,4)5)12-15(19)18(16)8-9-18/h14-16H,6-13H2,1-5H3. The molecular weight excluding hydrogens is 260 g/mol. The molecule has 1 aliphatic carbocycles. The van der Waals surface area contributed by atoms with Gasteiger partial charge in [0.05, 0.1) is 12.2 Å². The highest BCUT2D eigenvalue weighted by atomic mass is 16.5. The molecule has 3 atom stereocenters. The molecule has 0 radical (unpaired) electrons. The molecule has 0 bridgehead atoms. The minimum Gasteiger partial charge on any atom is -0.373 e. The third kappa shape index (κ3) is 2.89. The quantitative estimate of drug-likeness (QED) is 0.792. The highest BCUT2D eigenvalue weighted by molar-refractivity contribution is 5.16. The van der Waals surface area contributed by atoms with Gasteiger partial charge in [-0.3, -0.25) is 9.80 Å². The Morgan fingerprint density at radius 2 is 1.90 bits per heavy atom. The van der Waals surface area contributed by atoms with E-state index in [0.717, 1.165) is 6.04 Å². The smallest absolute Gasteiger partial charge is 0.0777 e. The summed E-state index contributed by atoms with van der Waals surface area (Å²) in [5.41, 5.74) is 0.794. The van der Waals surface area contributed by atoms with Crippen LogP contribution in [0, 0.1) is 5.41 Å². The van der Waals surface area contributed by atoms with Crippen molar-refractivity contribution in [2.75, 3.05) is 26.2 Å². The molecule has 0 aromatic carbocycles. The second-order valence-electron chi connectivity index (χ2n) is 8.58. The molecule has 1 saturated carbocycles. The number of ether oxygens (including phenoxy) is 1. The van der Waals surface area contributed by atoms with Crippen molar-refractivity contribution in [2.24, 2.45) is 5.41 Å². The van der Waals surface area contributed by atoms with Crippen LogP contribution in [0.4, 0.5) is 0 Å². The molecule has 0 aromatic rings. The Labute approximate surface area is 131 Å². The first kappa shape index (κ1) is 15.8. The van der Waals surface area contributed by atoms with E-state index in [1.165, 1.54) is 51.9 Å². The Hall–Kier alpha value is -0.120. The van der Waals surface area contributed by atoms with Crippen molar-refractivity contribution in [1.29, 1.82) is 0 Å². The van der Waals surface area contributed by atoms with Gasteiger partial charge < -0.3 is 4.74 Å². The Balaban J connectivity index is 1.68. The summed E-state index contributed by atoms with van der Waals surface area (Å²) in [5.74, 6) is 0. The van der Waals surface area contributed by atoms with Gasteiger partial charge in [0, 0.05) is 43.2 Å². The molecule has 3 aliphatic rings. The van der Waals surface area contributed by atoms with Crippen LogP contribution in [0.3, 0.4) is 0 Å². The van der Waals surface area contributed by atoms with Gasteiger partial charge in [-0.2, -0.15) is 0 Å². The summed E-state index contributed by atoms with van der Waals surface area (Å²) in [5, 5.41) is 0. The fraction of sp³-hybridized carbons (Fsp3) is 1.00. The van der Waals surface area contributed by atoms with Gasteiger partial charge in [0.1, 0.15) is 0 Å². The minimum absolute atomic E-state index is 0.302. The zero-order valence-corrected chi connectivity index (χ0v) is 14.7. The van der Waals surface area contributed by atoms with Crippen molar-refractivity contribution in [2.45, 2.75) is 84.1 Å². The molecule has 2 saturated heterocycles. The van der Waals surface area contributed by atoms with E-state index in [0.29, 0.717) is 23.2 Å². The van der Waals surface area contributed by atoms with Crippen molar-refractivity contribution < 1.29 is 4.74 Å². The topological polar surface area (TPSA) is 15.7 Å². The second kappa shape index (κ2) is 5.50. The van der Waals surface area contributed by atoms with Gasteiger partial charge in [-0.05, 0) is 47.0 Å². The Morgan fingerprint density at radius 1 is 1.19 bits per heavy atom. The molecule has 2 heterocycles. The zero-order valence-electron chi connectivity index (χ0n) is 14.7. The molecule has 0 aromatic heterocycles. The van der Waals surface area contributed by atoms with Gasteiger partial charge in [0.15, 0.2) is 0 Å². The normalized spacial score (nSPS) is 34.1. The van der Waals surface area contributed by atoms with Crippen molar-refractivity contribution in [3.8, 4) is 0 Å². The van der Waals surface area contributed by atoms with E-state index in [4.69, 9.17) is 4.74 Å². The van der Waals surface area contributed by atoms with E-state index in [-0.39, 0.29) is 0 Å². The van der Waals surface area contributed by atoms with Crippen molar-refractivity contribution >= 4 is 0 Å². The predicted molar refractivity (Wildman–Crippen MR) is 87.6 cm³/mol. The lowest BCUT2D eigenvalue weighted by molar-refractivity contribution is -0.0311. The van der Waals surface area contributed by atoms with E-state index >= 15 is 0 Å². The van der Waals surface area contributed by atoms with Gasteiger partial charge in [0.2, 0.25) is 0 Å². The summed E-state index contributed by atoms with van der Waals surface area (Å²) in [4.78, 5) is 5.42. The summed E-state index contributed by atoms with van der Waals surface area (Å²) in [6.07, 6.45) is 6.12. The van der Waals surface area contributed by atoms with E-state index in [9.17, 15) is 0 Å². The van der Waals surface area contributed by atoms with Gasteiger partial charge in [0.25, 0.3) is 0 Å². The summed E-state index contributed by atoms with van der Waals surface area (Å²) in [6.45, 7) is 16.4. The van der Waals surface area contributed by atoms with Crippen LogP contribution in [-0.2, 0) is 4.74 Å². The predicted octanol–water partition coefficient (Wildman–Crippen LogP) is 3.14. The maximum Gasteiger partial charge on any atom is 0.0777 e. The molecule has 2 aliphatic heterocycles. The van der Waals surface area contributed by atoms with Crippen LogP contribution in [-0.4, -0.2) is 59.8 Å². The molecule has 1 spiro atoms. The Kier molecular flexibility index (Phi) is 4.13. The maximum absolute atomic E-state index is 6.48. The first-order valence-corrected chi connectivity index (χ1v) is 9.01. The number of fused-ring (bicyclic) bond motifs is 2. The third-order valence-electron chi connectivity index (χ3n) is 6.06. The Morgan fingerprint density at radius 3 is 2.48 bits per heavy atom. The van der Waals surface area contributed by atoms with E-state index < -0.39 is 0 Å². The van der Waals surface area contributed by atoms with E-state index in [1.54, 1.807) is 0 Å². The molecular formula is C18H34N2O. The number of rotatable bonds is 4. The summed E-state index contributed by atoms with van der Waals surface area (Å²) < 4.78 is 6.48. The number of hydrogen-bond donors (Lipinski definition) is 0. The second-order valence-corrected chi connectivity index (χ2v) is 8.58. The fourth-order valence-electron chi connectivity index (χ4n) is 4.54. The monoisotopic (exact) mass is 294 g/mol. The van der Waals surface area contributed by atoms with Crippen molar-refractivity contribution in [3.63, 3.8) is 0 Å². The van der Waals surface area contributed by atoms with E-state index in [2.05, 4.69) is 44.4 Å². The number of hydrogen-bond acceptors (Lipinski definition) is 3.